The quantitative estimate of drug-likeness (QED) is 0.846. The summed E-state index contributed by atoms with van der Waals surface area (Å²) in [4.78, 5) is 21.3. The molecule has 2 aromatic rings. The fraction of sp³-hybridized carbons (Fsp3) is 0.400. The van der Waals surface area contributed by atoms with Gasteiger partial charge in [0.05, 0.1) is 12.2 Å². The van der Waals surface area contributed by atoms with E-state index in [2.05, 4.69) is 18.0 Å². The van der Waals surface area contributed by atoms with Crippen molar-refractivity contribution in [3.8, 4) is 0 Å². The number of aromatic nitrogens is 1. The molecule has 4 heteroatoms. The molecule has 0 unspecified atom stereocenters. The minimum atomic E-state index is -0.291. The number of carbonyl (C=O) groups is 1. The summed E-state index contributed by atoms with van der Waals surface area (Å²) in [6.07, 6.45) is 0. The van der Waals surface area contributed by atoms with Crippen LogP contribution < -0.4 is 0 Å². The molecule has 0 radical (unpaired) electrons. The monoisotopic (exact) mass is 325 g/mol. The van der Waals surface area contributed by atoms with Crippen molar-refractivity contribution in [1.82, 2.24) is 14.8 Å². The highest BCUT2D eigenvalue weighted by Gasteiger charge is 2.26. The van der Waals surface area contributed by atoms with Crippen molar-refractivity contribution in [1.29, 1.82) is 0 Å². The summed E-state index contributed by atoms with van der Waals surface area (Å²) in [5, 5.41) is 0. The Labute approximate surface area is 145 Å². The van der Waals surface area contributed by atoms with Gasteiger partial charge in [0.1, 0.15) is 6.04 Å². The summed E-state index contributed by atoms with van der Waals surface area (Å²) in [6.45, 7) is 6.59. The summed E-state index contributed by atoms with van der Waals surface area (Å²) < 4.78 is 0. The lowest BCUT2D eigenvalue weighted by molar-refractivity contribution is -0.135. The van der Waals surface area contributed by atoms with Gasteiger partial charge < -0.3 is 4.90 Å². The summed E-state index contributed by atoms with van der Waals surface area (Å²) >= 11 is 0. The lowest BCUT2D eigenvalue weighted by Gasteiger charge is -2.29. The summed E-state index contributed by atoms with van der Waals surface area (Å²) in [6, 6.07) is 11.9. The highest BCUT2D eigenvalue weighted by atomic mass is 16.2. The van der Waals surface area contributed by atoms with Gasteiger partial charge >= 0.3 is 0 Å². The molecule has 0 aliphatic carbocycles. The molecular weight excluding hydrogens is 298 g/mol. The van der Waals surface area contributed by atoms with Crippen LogP contribution in [-0.2, 0) is 11.3 Å². The third-order valence-corrected chi connectivity index (χ3v) is 4.03. The van der Waals surface area contributed by atoms with Gasteiger partial charge in [0.2, 0.25) is 5.91 Å². The lowest BCUT2D eigenvalue weighted by atomic mass is 10.0. The molecule has 1 aromatic heterocycles. The first kappa shape index (κ1) is 18.1. The molecule has 2 rings (SSSR count). The van der Waals surface area contributed by atoms with Crippen LogP contribution in [0.1, 0.15) is 34.1 Å². The van der Waals surface area contributed by atoms with Crippen LogP contribution in [-0.4, -0.2) is 41.8 Å². The van der Waals surface area contributed by atoms with Gasteiger partial charge in [-0.05, 0) is 58.1 Å². The van der Waals surface area contributed by atoms with Gasteiger partial charge in [0.15, 0.2) is 0 Å². The van der Waals surface area contributed by atoms with Crippen molar-refractivity contribution in [2.24, 2.45) is 0 Å². The van der Waals surface area contributed by atoms with Gasteiger partial charge in [-0.3, -0.25) is 14.7 Å². The molecule has 0 bridgehead atoms. The van der Waals surface area contributed by atoms with Gasteiger partial charge in [-0.2, -0.15) is 0 Å². The first-order chi connectivity index (χ1) is 11.3. The minimum Gasteiger partial charge on any atom is -0.338 e. The predicted molar refractivity (Wildman–Crippen MR) is 97.8 cm³/mol. The van der Waals surface area contributed by atoms with E-state index >= 15 is 0 Å². The number of aryl methyl sites for hydroxylation is 3. The van der Waals surface area contributed by atoms with Crippen LogP contribution in [0.3, 0.4) is 0 Å². The van der Waals surface area contributed by atoms with Gasteiger partial charge in [-0.1, -0.05) is 29.8 Å². The van der Waals surface area contributed by atoms with Gasteiger partial charge in [-0.25, -0.2) is 0 Å². The molecule has 0 N–H and O–H groups in total. The van der Waals surface area contributed by atoms with Gasteiger partial charge in [0.25, 0.3) is 0 Å². The van der Waals surface area contributed by atoms with E-state index in [4.69, 9.17) is 0 Å². The molecule has 1 amide bonds. The molecule has 128 valence electrons. The Morgan fingerprint density at radius 3 is 2.33 bits per heavy atom. The van der Waals surface area contributed by atoms with Crippen molar-refractivity contribution < 1.29 is 4.79 Å². The molecule has 1 aromatic carbocycles. The topological polar surface area (TPSA) is 36.4 Å². The second-order valence-corrected chi connectivity index (χ2v) is 6.75. The van der Waals surface area contributed by atoms with Crippen LogP contribution in [0.2, 0.25) is 0 Å². The minimum absolute atomic E-state index is 0.0755. The second-order valence-electron chi connectivity index (χ2n) is 6.75. The Balaban J connectivity index is 2.23. The number of hydrogen-bond donors (Lipinski definition) is 0. The number of hydrogen-bond acceptors (Lipinski definition) is 3. The van der Waals surface area contributed by atoms with Crippen LogP contribution in [0, 0.1) is 20.8 Å². The Kier molecular flexibility index (Phi) is 5.73. The maximum Gasteiger partial charge on any atom is 0.244 e. The third kappa shape index (κ3) is 4.42. The first-order valence-corrected chi connectivity index (χ1v) is 8.20. The Hall–Kier alpha value is -2.20. The molecule has 0 aliphatic rings. The van der Waals surface area contributed by atoms with E-state index in [-0.39, 0.29) is 11.9 Å². The second kappa shape index (κ2) is 7.58. The van der Waals surface area contributed by atoms with Crippen molar-refractivity contribution >= 4 is 5.91 Å². The smallest absolute Gasteiger partial charge is 0.244 e. The van der Waals surface area contributed by atoms with E-state index in [0.29, 0.717) is 6.54 Å². The summed E-state index contributed by atoms with van der Waals surface area (Å²) in [5.74, 6) is 0.0755. The lowest BCUT2D eigenvalue weighted by Crippen LogP contribution is -2.38. The Bertz CT molecular complexity index is 704. The van der Waals surface area contributed by atoms with Crippen LogP contribution in [0.4, 0.5) is 0 Å². The van der Waals surface area contributed by atoms with Crippen molar-refractivity contribution in [3.05, 3.63) is 64.5 Å². The number of carbonyl (C=O) groups excluding carboxylic acids is 1. The standard InChI is InChI=1S/C20H27N3O/c1-14-8-7-9-17(11-14)19(22(4)5)20(24)23(6)13-18-12-15(2)10-16(3)21-18/h7-12,19H,13H2,1-6H3/t19-/m1/s1. The van der Waals surface area contributed by atoms with Crippen molar-refractivity contribution in [2.45, 2.75) is 33.4 Å². The fourth-order valence-electron chi connectivity index (χ4n) is 3.04. The number of amides is 1. The summed E-state index contributed by atoms with van der Waals surface area (Å²) in [5.41, 5.74) is 5.25. The van der Waals surface area contributed by atoms with E-state index in [1.807, 2.05) is 70.2 Å². The maximum absolute atomic E-state index is 13.0. The predicted octanol–water partition coefficient (Wildman–Crippen LogP) is 3.27. The van der Waals surface area contributed by atoms with Crippen molar-refractivity contribution in [2.75, 3.05) is 21.1 Å². The molecule has 0 aliphatic heterocycles. The number of pyridine rings is 1. The van der Waals surface area contributed by atoms with Crippen LogP contribution in [0.25, 0.3) is 0 Å². The largest absolute Gasteiger partial charge is 0.338 e. The molecule has 1 heterocycles. The number of benzene rings is 1. The zero-order chi connectivity index (χ0) is 17.9. The highest BCUT2D eigenvalue weighted by Crippen LogP contribution is 2.22. The Morgan fingerprint density at radius 2 is 1.75 bits per heavy atom. The van der Waals surface area contributed by atoms with Crippen molar-refractivity contribution in [3.63, 3.8) is 0 Å². The SMILES string of the molecule is Cc1cccc([C@H](C(=O)N(C)Cc2cc(C)cc(C)n2)N(C)C)c1. The third-order valence-electron chi connectivity index (χ3n) is 4.03. The molecule has 4 nitrogen and oxygen atoms in total. The number of rotatable bonds is 5. The number of nitrogens with zero attached hydrogens (tertiary/aromatic N) is 3. The normalized spacial score (nSPS) is 12.3. The molecule has 0 spiro atoms. The van der Waals surface area contributed by atoms with E-state index in [0.717, 1.165) is 22.5 Å². The zero-order valence-electron chi connectivity index (χ0n) is 15.5. The number of likely N-dealkylation sites (N-methyl/N-ethyl adjacent to an activating group) is 2. The Morgan fingerprint density at radius 1 is 1.04 bits per heavy atom. The van der Waals surface area contributed by atoms with Gasteiger partial charge in [0, 0.05) is 12.7 Å². The zero-order valence-corrected chi connectivity index (χ0v) is 15.5. The highest BCUT2D eigenvalue weighted by molar-refractivity contribution is 5.83. The molecule has 0 saturated heterocycles. The molecule has 1 atom stereocenters. The van der Waals surface area contributed by atoms with Crippen LogP contribution in [0.15, 0.2) is 36.4 Å². The summed E-state index contributed by atoms with van der Waals surface area (Å²) in [7, 11) is 5.72. The average Bonchev–Trinajstić information content (AvgIpc) is 2.45. The van der Waals surface area contributed by atoms with Crippen LogP contribution >= 0.6 is 0 Å². The van der Waals surface area contributed by atoms with E-state index in [9.17, 15) is 4.79 Å². The molecular formula is C20H27N3O. The van der Waals surface area contributed by atoms with E-state index in [1.165, 1.54) is 5.56 Å². The van der Waals surface area contributed by atoms with E-state index < -0.39 is 0 Å². The average molecular weight is 325 g/mol. The molecule has 0 fully saturated rings. The fourth-order valence-corrected chi connectivity index (χ4v) is 3.04. The van der Waals surface area contributed by atoms with E-state index in [1.54, 1.807) is 4.90 Å². The maximum atomic E-state index is 13.0. The molecule has 0 saturated carbocycles. The first-order valence-electron chi connectivity index (χ1n) is 8.20. The van der Waals surface area contributed by atoms with Crippen LogP contribution in [0.5, 0.6) is 0 Å². The van der Waals surface area contributed by atoms with Gasteiger partial charge in [-0.15, -0.1) is 0 Å². The molecule has 24 heavy (non-hydrogen) atoms.